The van der Waals surface area contributed by atoms with Crippen LogP contribution in [0.15, 0.2) is 0 Å². The second kappa shape index (κ2) is 4.95. The Morgan fingerprint density at radius 1 is 1.38 bits per heavy atom. The van der Waals surface area contributed by atoms with Gasteiger partial charge in [0.05, 0.1) is 7.11 Å². The average Bonchev–Trinajstić information content (AvgIpc) is 2.62. The largest absolute Gasteiger partial charge is 0.467 e. The lowest BCUT2D eigenvalue weighted by Crippen LogP contribution is -2.42. The van der Waals surface area contributed by atoms with Crippen LogP contribution in [0.5, 0.6) is 0 Å². The van der Waals surface area contributed by atoms with E-state index in [0.29, 0.717) is 6.54 Å². The molecule has 1 unspecified atom stereocenters. The number of esters is 1. The summed E-state index contributed by atoms with van der Waals surface area (Å²) < 4.78 is 9.85. The van der Waals surface area contributed by atoms with Gasteiger partial charge in [-0.2, -0.15) is 0 Å². The van der Waals surface area contributed by atoms with E-state index in [1.165, 1.54) is 23.8 Å². The average molecular weight is 247 g/mol. The molecule has 0 radical (unpaired) electrons. The van der Waals surface area contributed by atoms with Crippen molar-refractivity contribution in [1.29, 1.82) is 0 Å². The molecule has 1 atom stereocenters. The lowest BCUT2D eigenvalue weighted by atomic mass is 10.2. The van der Waals surface area contributed by atoms with Crippen molar-refractivity contribution in [2.75, 3.05) is 19.4 Å². The minimum absolute atomic E-state index is 0.409. The summed E-state index contributed by atoms with van der Waals surface area (Å²) in [5.74, 6) is 0.312. The Labute approximate surface area is 99.5 Å². The zero-order valence-electron chi connectivity index (χ0n) is 9.98. The van der Waals surface area contributed by atoms with Crippen molar-refractivity contribution in [3.63, 3.8) is 0 Å². The molecule has 0 aliphatic carbocycles. The molecule has 1 saturated heterocycles. The van der Waals surface area contributed by atoms with Crippen molar-refractivity contribution >= 4 is 23.8 Å². The number of thioether (sulfide) groups is 1. The molecule has 0 bridgehead atoms. The maximum absolute atomic E-state index is 11.8. The Balaban J connectivity index is 2.65. The summed E-state index contributed by atoms with van der Waals surface area (Å²) >= 11 is 1.39. The number of ether oxygens (including phenoxy) is 2. The van der Waals surface area contributed by atoms with Gasteiger partial charge >= 0.3 is 12.1 Å². The van der Waals surface area contributed by atoms with Gasteiger partial charge in [-0.1, -0.05) is 0 Å². The quantitative estimate of drug-likeness (QED) is 0.657. The predicted octanol–water partition coefficient (Wildman–Crippen LogP) is 1.47. The number of amides is 1. The van der Waals surface area contributed by atoms with Crippen LogP contribution < -0.4 is 0 Å². The number of methoxy groups -OCH3 is 1. The third kappa shape index (κ3) is 3.30. The van der Waals surface area contributed by atoms with E-state index >= 15 is 0 Å². The summed E-state index contributed by atoms with van der Waals surface area (Å²) in [6.45, 7) is 5.89. The van der Waals surface area contributed by atoms with E-state index in [2.05, 4.69) is 4.74 Å². The summed E-state index contributed by atoms with van der Waals surface area (Å²) in [4.78, 5) is 24.6. The van der Waals surface area contributed by atoms with Crippen molar-refractivity contribution in [3.05, 3.63) is 0 Å². The number of rotatable bonds is 1. The van der Waals surface area contributed by atoms with Gasteiger partial charge in [0.15, 0.2) is 5.37 Å². The van der Waals surface area contributed by atoms with Crippen LogP contribution in [-0.2, 0) is 14.3 Å². The Hall–Kier alpha value is -0.910. The van der Waals surface area contributed by atoms with E-state index in [0.717, 1.165) is 5.75 Å². The van der Waals surface area contributed by atoms with E-state index in [-0.39, 0.29) is 0 Å². The highest BCUT2D eigenvalue weighted by molar-refractivity contribution is 8.00. The van der Waals surface area contributed by atoms with E-state index in [4.69, 9.17) is 4.74 Å². The highest BCUT2D eigenvalue weighted by Gasteiger charge is 2.37. The first-order chi connectivity index (χ1) is 7.35. The van der Waals surface area contributed by atoms with Crippen LogP contribution in [0.3, 0.4) is 0 Å². The summed E-state index contributed by atoms with van der Waals surface area (Å²) in [6, 6.07) is 0. The molecule has 1 rings (SSSR count). The van der Waals surface area contributed by atoms with Crippen LogP contribution in [0.25, 0.3) is 0 Å². The molecular formula is C10H17NO4S. The van der Waals surface area contributed by atoms with Gasteiger partial charge in [-0.25, -0.2) is 9.59 Å². The zero-order valence-corrected chi connectivity index (χ0v) is 10.8. The van der Waals surface area contributed by atoms with Crippen LogP contribution in [-0.4, -0.2) is 47.3 Å². The van der Waals surface area contributed by atoms with Crippen molar-refractivity contribution < 1.29 is 19.1 Å². The Bertz CT molecular complexity index is 287. The van der Waals surface area contributed by atoms with E-state index < -0.39 is 23.0 Å². The van der Waals surface area contributed by atoms with Crippen LogP contribution in [0, 0.1) is 0 Å². The zero-order chi connectivity index (χ0) is 12.3. The third-order valence-electron chi connectivity index (χ3n) is 1.92. The molecular weight excluding hydrogens is 230 g/mol. The monoisotopic (exact) mass is 247 g/mol. The molecule has 1 amide bonds. The van der Waals surface area contributed by atoms with Gasteiger partial charge in [0.2, 0.25) is 0 Å². The standard InChI is InChI=1S/C10H17NO4S/c1-10(2,3)15-9(13)11-5-6-16-7(11)8(12)14-4/h7H,5-6H2,1-4H3. The fourth-order valence-electron chi connectivity index (χ4n) is 1.27. The first-order valence-electron chi connectivity index (χ1n) is 5.04. The second-order valence-electron chi connectivity index (χ2n) is 4.42. The lowest BCUT2D eigenvalue weighted by molar-refractivity contribution is -0.142. The fourth-order valence-corrected chi connectivity index (χ4v) is 2.40. The topological polar surface area (TPSA) is 55.8 Å². The van der Waals surface area contributed by atoms with Gasteiger partial charge in [-0.15, -0.1) is 11.8 Å². The molecule has 0 aromatic heterocycles. The van der Waals surface area contributed by atoms with Crippen LogP contribution >= 0.6 is 11.8 Å². The van der Waals surface area contributed by atoms with Gasteiger partial charge in [-0.05, 0) is 20.8 Å². The van der Waals surface area contributed by atoms with Crippen LogP contribution in [0.1, 0.15) is 20.8 Å². The molecule has 1 aliphatic rings. The molecule has 92 valence electrons. The Morgan fingerprint density at radius 2 is 2.00 bits per heavy atom. The number of carbonyl (C=O) groups excluding carboxylic acids is 2. The molecule has 5 nitrogen and oxygen atoms in total. The third-order valence-corrected chi connectivity index (χ3v) is 3.10. The predicted molar refractivity (Wildman–Crippen MR) is 61.2 cm³/mol. The summed E-state index contributed by atoms with van der Waals surface area (Å²) in [7, 11) is 1.31. The molecule has 1 aliphatic heterocycles. The van der Waals surface area contributed by atoms with Gasteiger partial charge in [0, 0.05) is 12.3 Å². The van der Waals surface area contributed by atoms with Crippen molar-refractivity contribution in [3.8, 4) is 0 Å². The van der Waals surface area contributed by atoms with Gasteiger partial charge in [-0.3, -0.25) is 4.90 Å². The SMILES string of the molecule is COC(=O)C1SCCN1C(=O)OC(C)(C)C. The molecule has 0 saturated carbocycles. The normalized spacial score (nSPS) is 20.8. The number of hydrogen-bond donors (Lipinski definition) is 0. The molecule has 0 N–H and O–H groups in total. The van der Waals surface area contributed by atoms with Crippen molar-refractivity contribution in [2.24, 2.45) is 0 Å². The van der Waals surface area contributed by atoms with Gasteiger partial charge in [0.1, 0.15) is 5.60 Å². The first-order valence-corrected chi connectivity index (χ1v) is 6.09. The van der Waals surface area contributed by atoms with Gasteiger partial charge in [0.25, 0.3) is 0 Å². The molecule has 16 heavy (non-hydrogen) atoms. The molecule has 0 aromatic rings. The molecule has 0 spiro atoms. The molecule has 1 heterocycles. The summed E-state index contributed by atoms with van der Waals surface area (Å²) in [5, 5.41) is -0.570. The molecule has 6 heteroatoms. The highest BCUT2D eigenvalue weighted by Crippen LogP contribution is 2.26. The number of carbonyl (C=O) groups is 2. The van der Waals surface area contributed by atoms with Gasteiger partial charge < -0.3 is 9.47 Å². The maximum atomic E-state index is 11.8. The highest BCUT2D eigenvalue weighted by atomic mass is 32.2. The maximum Gasteiger partial charge on any atom is 0.411 e. The minimum Gasteiger partial charge on any atom is -0.467 e. The fraction of sp³-hybridized carbons (Fsp3) is 0.800. The Kier molecular flexibility index (Phi) is 4.07. The minimum atomic E-state index is -0.570. The Morgan fingerprint density at radius 3 is 2.50 bits per heavy atom. The number of nitrogens with zero attached hydrogens (tertiary/aromatic N) is 1. The summed E-state index contributed by atoms with van der Waals surface area (Å²) in [6.07, 6.45) is -0.465. The first kappa shape index (κ1) is 13.2. The van der Waals surface area contributed by atoms with E-state index in [1.54, 1.807) is 20.8 Å². The van der Waals surface area contributed by atoms with Crippen LogP contribution in [0.2, 0.25) is 0 Å². The second-order valence-corrected chi connectivity index (χ2v) is 5.61. The number of hydrogen-bond acceptors (Lipinski definition) is 5. The van der Waals surface area contributed by atoms with Crippen molar-refractivity contribution in [1.82, 2.24) is 4.90 Å². The smallest absolute Gasteiger partial charge is 0.411 e. The molecule has 0 aromatic carbocycles. The van der Waals surface area contributed by atoms with E-state index in [1.807, 2.05) is 0 Å². The van der Waals surface area contributed by atoms with E-state index in [9.17, 15) is 9.59 Å². The van der Waals surface area contributed by atoms with Crippen LogP contribution in [0.4, 0.5) is 4.79 Å². The summed E-state index contributed by atoms with van der Waals surface area (Å²) in [5.41, 5.74) is -0.551. The van der Waals surface area contributed by atoms with Crippen molar-refractivity contribution in [2.45, 2.75) is 31.7 Å². The lowest BCUT2D eigenvalue weighted by Gasteiger charge is -2.26. The molecule has 1 fully saturated rings.